The second-order valence-corrected chi connectivity index (χ2v) is 12.6. The molecule has 0 saturated carbocycles. The maximum atomic E-state index is 6.14. The van der Waals surface area contributed by atoms with E-state index in [4.69, 9.17) is 14.4 Å². The molecule has 0 aliphatic rings. The van der Waals surface area contributed by atoms with E-state index in [1.165, 1.54) is 5.56 Å². The molecule has 0 saturated heterocycles. The van der Waals surface area contributed by atoms with E-state index < -0.39 is 0 Å². The molecule has 0 atom stereocenters. The van der Waals surface area contributed by atoms with Crippen molar-refractivity contribution in [3.8, 4) is 50.7 Å². The molecule has 0 radical (unpaired) electrons. The Labute approximate surface area is 288 Å². The van der Waals surface area contributed by atoms with E-state index in [0.717, 1.165) is 82.9 Å². The van der Waals surface area contributed by atoms with Crippen LogP contribution in [-0.4, -0.2) is 14.5 Å². The number of aromatic nitrogens is 3. The monoisotopic (exact) mass is 639 g/mol. The Hall–Kier alpha value is -6.78. The molecule has 234 valence electrons. The van der Waals surface area contributed by atoms with Gasteiger partial charge in [-0.1, -0.05) is 127 Å². The fourth-order valence-corrected chi connectivity index (χ4v) is 7.18. The van der Waals surface area contributed by atoms with Crippen LogP contribution in [0.1, 0.15) is 0 Å². The van der Waals surface area contributed by atoms with E-state index in [1.54, 1.807) is 0 Å². The van der Waals surface area contributed by atoms with Crippen LogP contribution in [0.25, 0.3) is 94.5 Å². The fraction of sp³-hybridized carbons (Fsp3) is 0. The molecule has 0 fully saturated rings. The average Bonchev–Trinajstić information content (AvgIpc) is 3.73. The van der Waals surface area contributed by atoms with Crippen LogP contribution in [0.15, 0.2) is 180 Å². The molecule has 0 unspecified atom stereocenters. The molecule has 50 heavy (non-hydrogen) atoms. The molecular formula is C46H29N3O. The van der Waals surface area contributed by atoms with Crippen LogP contribution >= 0.6 is 0 Å². The molecule has 0 aliphatic heterocycles. The quantitative estimate of drug-likeness (QED) is 0.188. The van der Waals surface area contributed by atoms with E-state index in [9.17, 15) is 0 Å². The molecule has 10 aromatic rings. The molecule has 7 aromatic carbocycles. The number of nitrogens with zero attached hydrogens (tertiary/aromatic N) is 3. The Bertz CT molecular complexity index is 2800. The highest BCUT2D eigenvalue weighted by Gasteiger charge is 2.19. The van der Waals surface area contributed by atoms with Crippen LogP contribution < -0.4 is 0 Å². The summed E-state index contributed by atoms with van der Waals surface area (Å²) < 4.78 is 8.36. The molecule has 0 bridgehead atoms. The minimum Gasteiger partial charge on any atom is -0.456 e. The predicted molar refractivity (Wildman–Crippen MR) is 205 cm³/mol. The lowest BCUT2D eigenvalue weighted by atomic mass is 9.99. The summed E-state index contributed by atoms with van der Waals surface area (Å²) in [4.78, 5) is 10.5. The van der Waals surface area contributed by atoms with Gasteiger partial charge < -0.3 is 4.42 Å². The number of benzene rings is 7. The lowest BCUT2D eigenvalue weighted by molar-refractivity contribution is 0.669. The maximum Gasteiger partial charge on any atom is 0.235 e. The number of rotatable bonds is 5. The third kappa shape index (κ3) is 4.69. The van der Waals surface area contributed by atoms with E-state index in [0.29, 0.717) is 5.95 Å². The Balaban J connectivity index is 1.23. The van der Waals surface area contributed by atoms with Gasteiger partial charge in [0.05, 0.1) is 22.4 Å². The number of hydrogen-bond donors (Lipinski definition) is 0. The van der Waals surface area contributed by atoms with Gasteiger partial charge in [0.25, 0.3) is 0 Å². The van der Waals surface area contributed by atoms with Crippen molar-refractivity contribution in [3.05, 3.63) is 176 Å². The van der Waals surface area contributed by atoms with Gasteiger partial charge in [0.15, 0.2) is 0 Å². The zero-order chi connectivity index (χ0) is 33.0. The highest BCUT2D eigenvalue weighted by atomic mass is 16.3. The molecule has 4 nitrogen and oxygen atoms in total. The third-order valence-electron chi connectivity index (χ3n) is 9.64. The van der Waals surface area contributed by atoms with Crippen molar-refractivity contribution in [1.29, 1.82) is 0 Å². The van der Waals surface area contributed by atoms with E-state index in [2.05, 4.69) is 156 Å². The lowest BCUT2D eigenvalue weighted by Gasteiger charge is -2.12. The SMILES string of the molecule is c1ccc(-c2ccc3c(c2)c2cc(-c4ccc5oc6ccccc6c5c4)ccc2n3-c2nc(-c3ccccc3)cc(-c3ccccc3)n2)cc1. The first-order valence-corrected chi connectivity index (χ1v) is 16.8. The minimum absolute atomic E-state index is 0.636. The summed E-state index contributed by atoms with van der Waals surface area (Å²) in [5.41, 5.74) is 12.4. The van der Waals surface area contributed by atoms with Gasteiger partial charge in [0, 0.05) is 32.7 Å². The maximum absolute atomic E-state index is 6.14. The van der Waals surface area contributed by atoms with Gasteiger partial charge in [-0.3, -0.25) is 4.57 Å². The van der Waals surface area contributed by atoms with Crippen LogP contribution in [0.4, 0.5) is 0 Å². The molecule has 0 spiro atoms. The number of furan rings is 1. The van der Waals surface area contributed by atoms with Crippen molar-refractivity contribution < 1.29 is 4.42 Å². The van der Waals surface area contributed by atoms with Crippen molar-refractivity contribution in [2.24, 2.45) is 0 Å². The van der Waals surface area contributed by atoms with Gasteiger partial charge in [-0.25, -0.2) is 9.97 Å². The first kappa shape index (κ1) is 28.3. The normalized spacial score (nSPS) is 11.6. The summed E-state index contributed by atoms with van der Waals surface area (Å²) in [6, 6.07) is 61.5. The topological polar surface area (TPSA) is 43.9 Å². The van der Waals surface area contributed by atoms with Crippen LogP contribution in [0, 0.1) is 0 Å². The van der Waals surface area contributed by atoms with Gasteiger partial charge >= 0.3 is 0 Å². The van der Waals surface area contributed by atoms with Gasteiger partial charge in [0.2, 0.25) is 5.95 Å². The molecule has 4 heteroatoms. The molecule has 0 N–H and O–H groups in total. The van der Waals surface area contributed by atoms with E-state index in [1.807, 2.05) is 24.3 Å². The Morgan fingerprint density at radius 3 is 1.40 bits per heavy atom. The third-order valence-corrected chi connectivity index (χ3v) is 9.64. The number of fused-ring (bicyclic) bond motifs is 6. The smallest absolute Gasteiger partial charge is 0.235 e. The predicted octanol–water partition coefficient (Wildman–Crippen LogP) is 12.1. The van der Waals surface area contributed by atoms with Gasteiger partial charge in [-0.05, 0) is 70.8 Å². The lowest BCUT2D eigenvalue weighted by Crippen LogP contribution is -2.04. The van der Waals surface area contributed by atoms with E-state index >= 15 is 0 Å². The van der Waals surface area contributed by atoms with Crippen molar-refractivity contribution >= 4 is 43.7 Å². The largest absolute Gasteiger partial charge is 0.456 e. The molecule has 3 heterocycles. The molecule has 10 rings (SSSR count). The van der Waals surface area contributed by atoms with Gasteiger partial charge in [-0.2, -0.15) is 0 Å². The zero-order valence-corrected chi connectivity index (χ0v) is 27.0. The van der Waals surface area contributed by atoms with Crippen LogP contribution in [-0.2, 0) is 0 Å². The number of hydrogen-bond acceptors (Lipinski definition) is 3. The molecule has 3 aromatic heterocycles. The average molecular weight is 640 g/mol. The second-order valence-electron chi connectivity index (χ2n) is 12.6. The summed E-state index contributed by atoms with van der Waals surface area (Å²) in [5, 5.41) is 4.53. The molecular weight excluding hydrogens is 611 g/mol. The summed E-state index contributed by atoms with van der Waals surface area (Å²) in [6.07, 6.45) is 0. The highest BCUT2D eigenvalue weighted by molar-refractivity contribution is 6.12. The van der Waals surface area contributed by atoms with Crippen molar-refractivity contribution in [2.75, 3.05) is 0 Å². The van der Waals surface area contributed by atoms with Crippen LogP contribution in [0.5, 0.6) is 0 Å². The summed E-state index contributed by atoms with van der Waals surface area (Å²) >= 11 is 0. The van der Waals surface area contributed by atoms with Crippen LogP contribution in [0.2, 0.25) is 0 Å². The summed E-state index contributed by atoms with van der Waals surface area (Å²) in [7, 11) is 0. The first-order valence-electron chi connectivity index (χ1n) is 16.8. The first-order chi connectivity index (χ1) is 24.8. The standard InChI is InChI=1S/C46H29N3O/c1-4-12-30(13-5-1)33-20-23-42-37(26-33)38-27-34(35-22-25-45-39(28-35)36-18-10-11-19-44(36)50-45)21-24-43(38)49(42)46-47-40(31-14-6-2-7-15-31)29-41(48-46)32-16-8-3-9-17-32/h1-29H. The zero-order valence-electron chi connectivity index (χ0n) is 27.0. The second kappa shape index (κ2) is 11.4. The summed E-state index contributed by atoms with van der Waals surface area (Å²) in [5.74, 6) is 0.636. The van der Waals surface area contributed by atoms with E-state index in [-0.39, 0.29) is 0 Å². The summed E-state index contributed by atoms with van der Waals surface area (Å²) in [6.45, 7) is 0. The van der Waals surface area contributed by atoms with Gasteiger partial charge in [-0.15, -0.1) is 0 Å². The fourth-order valence-electron chi connectivity index (χ4n) is 7.18. The Morgan fingerprint density at radius 2 is 0.800 bits per heavy atom. The van der Waals surface area contributed by atoms with Crippen molar-refractivity contribution in [1.82, 2.24) is 14.5 Å². The molecule has 0 aliphatic carbocycles. The Kier molecular flexibility index (Phi) is 6.46. The van der Waals surface area contributed by atoms with Crippen molar-refractivity contribution in [2.45, 2.75) is 0 Å². The Morgan fingerprint density at radius 1 is 0.340 bits per heavy atom. The van der Waals surface area contributed by atoms with Gasteiger partial charge in [0.1, 0.15) is 11.2 Å². The van der Waals surface area contributed by atoms with Crippen LogP contribution in [0.3, 0.4) is 0 Å². The molecule has 0 amide bonds. The number of para-hydroxylation sites is 1. The minimum atomic E-state index is 0.636. The van der Waals surface area contributed by atoms with Crippen molar-refractivity contribution in [3.63, 3.8) is 0 Å². The highest BCUT2D eigenvalue weighted by Crippen LogP contribution is 2.39.